The highest BCUT2D eigenvalue weighted by molar-refractivity contribution is 7.11. The molecule has 0 fully saturated rings. The first-order valence-corrected chi connectivity index (χ1v) is 9.32. The number of hydrogen-bond donors (Lipinski definition) is 2. The molecule has 0 aliphatic heterocycles. The highest BCUT2D eigenvalue weighted by Crippen LogP contribution is 2.24. The smallest absolute Gasteiger partial charge is 0.387 e. The lowest BCUT2D eigenvalue weighted by Crippen LogP contribution is -2.38. The van der Waals surface area contributed by atoms with Gasteiger partial charge < -0.3 is 15.4 Å². The molecule has 0 radical (unpaired) electrons. The first kappa shape index (κ1) is 20.4. The normalized spacial score (nSPS) is 11.7. The van der Waals surface area contributed by atoms with Crippen molar-refractivity contribution in [3.8, 4) is 5.75 Å². The van der Waals surface area contributed by atoms with Crippen molar-refractivity contribution in [2.24, 2.45) is 4.99 Å². The summed E-state index contributed by atoms with van der Waals surface area (Å²) in [7, 11) is 1.64. The highest BCUT2D eigenvalue weighted by atomic mass is 35.5. The van der Waals surface area contributed by atoms with Gasteiger partial charge in [0.2, 0.25) is 0 Å². The molecule has 0 saturated heterocycles. The van der Waals surface area contributed by atoms with Gasteiger partial charge in [0.1, 0.15) is 5.75 Å². The summed E-state index contributed by atoms with van der Waals surface area (Å²) < 4.78 is 29.5. The first-order valence-electron chi connectivity index (χ1n) is 8.13. The number of halogens is 3. The number of thiazole rings is 1. The van der Waals surface area contributed by atoms with Gasteiger partial charge in [0.15, 0.2) is 5.96 Å². The molecule has 5 nitrogen and oxygen atoms in total. The Morgan fingerprint density at radius 1 is 1.38 bits per heavy atom. The van der Waals surface area contributed by atoms with Gasteiger partial charge in [0.05, 0.1) is 5.01 Å². The summed E-state index contributed by atoms with van der Waals surface area (Å²) in [5.41, 5.74) is 0.522. The Labute approximate surface area is 160 Å². The fraction of sp³-hybridized carbons (Fsp3) is 0.412. The minimum Gasteiger partial charge on any atom is -0.434 e. The number of benzene rings is 1. The average molecular weight is 403 g/mol. The summed E-state index contributed by atoms with van der Waals surface area (Å²) in [4.78, 5) is 9.75. The monoisotopic (exact) mass is 402 g/mol. The topological polar surface area (TPSA) is 58.5 Å². The van der Waals surface area contributed by atoms with Crippen LogP contribution in [0, 0.1) is 0 Å². The molecule has 0 amide bonds. The Hall–Kier alpha value is -1.93. The van der Waals surface area contributed by atoms with Gasteiger partial charge in [0.25, 0.3) is 0 Å². The molecule has 2 rings (SSSR count). The van der Waals surface area contributed by atoms with Crippen LogP contribution in [0.3, 0.4) is 0 Å². The molecule has 1 aromatic heterocycles. The van der Waals surface area contributed by atoms with Crippen LogP contribution in [0.25, 0.3) is 0 Å². The zero-order valence-electron chi connectivity index (χ0n) is 14.6. The number of nitrogens with zero attached hydrogens (tertiary/aromatic N) is 2. The number of aromatic nitrogens is 1. The maximum absolute atomic E-state index is 12.5. The summed E-state index contributed by atoms with van der Waals surface area (Å²) in [5.74, 6) is 0.641. The predicted octanol–water partition coefficient (Wildman–Crippen LogP) is 3.87. The van der Waals surface area contributed by atoms with E-state index in [2.05, 4.69) is 32.3 Å². The second-order valence-electron chi connectivity index (χ2n) is 5.31. The van der Waals surface area contributed by atoms with Gasteiger partial charge in [-0.3, -0.25) is 4.99 Å². The Morgan fingerprint density at radius 3 is 2.85 bits per heavy atom. The molecule has 2 N–H and O–H groups in total. The third-order valence-electron chi connectivity index (χ3n) is 3.49. The van der Waals surface area contributed by atoms with Crippen LogP contribution in [0.4, 0.5) is 8.78 Å². The molecule has 0 bridgehead atoms. The van der Waals surface area contributed by atoms with E-state index in [1.165, 1.54) is 17.0 Å². The predicted molar refractivity (Wildman–Crippen MR) is 101 cm³/mol. The number of guanidine groups is 1. The zero-order valence-corrected chi connectivity index (χ0v) is 16.1. The fourth-order valence-corrected chi connectivity index (χ4v) is 3.27. The second kappa shape index (κ2) is 10.3. The number of alkyl halides is 2. The summed E-state index contributed by atoms with van der Waals surface area (Å²) in [6.45, 7) is 0.119. The molecular weight excluding hydrogens is 382 g/mol. The van der Waals surface area contributed by atoms with E-state index in [1.807, 2.05) is 6.20 Å². The van der Waals surface area contributed by atoms with E-state index in [-0.39, 0.29) is 12.3 Å². The molecule has 9 heteroatoms. The third kappa shape index (κ3) is 6.42. The van der Waals surface area contributed by atoms with E-state index < -0.39 is 6.61 Å². The van der Waals surface area contributed by atoms with Gasteiger partial charge in [-0.25, -0.2) is 4.98 Å². The molecule has 0 aliphatic carbocycles. The number of rotatable bonds is 8. The number of hydrogen-bond acceptors (Lipinski definition) is 4. The van der Waals surface area contributed by atoms with E-state index in [9.17, 15) is 8.78 Å². The Morgan fingerprint density at radius 2 is 2.19 bits per heavy atom. The van der Waals surface area contributed by atoms with Gasteiger partial charge >= 0.3 is 6.61 Å². The number of aryl methyl sites for hydroxylation is 1. The number of nitrogens with one attached hydrogen (secondary N) is 2. The summed E-state index contributed by atoms with van der Waals surface area (Å²) in [6.07, 6.45) is 3.66. The van der Waals surface area contributed by atoms with E-state index in [0.717, 1.165) is 17.8 Å². The Bertz CT molecular complexity index is 739. The molecule has 0 aliphatic rings. The molecular formula is C17H21ClF2N4OS. The molecule has 0 saturated carbocycles. The lowest BCUT2D eigenvalue weighted by molar-refractivity contribution is -0.0504. The van der Waals surface area contributed by atoms with Gasteiger partial charge in [0, 0.05) is 48.2 Å². The summed E-state index contributed by atoms with van der Waals surface area (Å²) >= 11 is 7.64. The van der Waals surface area contributed by atoms with Crippen LogP contribution >= 0.6 is 22.9 Å². The highest BCUT2D eigenvalue weighted by Gasteiger charge is 2.11. The number of ether oxygens (including phenoxy) is 1. The molecule has 26 heavy (non-hydrogen) atoms. The van der Waals surface area contributed by atoms with Crippen molar-refractivity contribution < 1.29 is 13.5 Å². The van der Waals surface area contributed by atoms with Crippen molar-refractivity contribution in [3.63, 3.8) is 0 Å². The van der Waals surface area contributed by atoms with Crippen molar-refractivity contribution in [3.05, 3.63) is 44.9 Å². The van der Waals surface area contributed by atoms with Crippen LogP contribution in [-0.4, -0.2) is 31.1 Å². The fourth-order valence-electron chi connectivity index (χ4n) is 2.21. The largest absolute Gasteiger partial charge is 0.434 e. The van der Waals surface area contributed by atoms with Crippen LogP contribution in [0.15, 0.2) is 29.4 Å². The average Bonchev–Trinajstić information content (AvgIpc) is 3.07. The molecule has 1 heterocycles. The van der Waals surface area contributed by atoms with Crippen LogP contribution < -0.4 is 15.4 Å². The zero-order chi connectivity index (χ0) is 18.9. The van der Waals surface area contributed by atoms with Crippen molar-refractivity contribution in [2.75, 3.05) is 13.6 Å². The van der Waals surface area contributed by atoms with Gasteiger partial charge in [-0.05, 0) is 24.6 Å². The Kier molecular flexibility index (Phi) is 8.06. The number of aliphatic imine (C=N–C) groups is 1. The molecule has 0 unspecified atom stereocenters. The van der Waals surface area contributed by atoms with E-state index in [0.29, 0.717) is 23.1 Å². The van der Waals surface area contributed by atoms with Crippen molar-refractivity contribution in [2.45, 2.75) is 32.9 Å². The second-order valence-corrected chi connectivity index (χ2v) is 6.94. The first-order chi connectivity index (χ1) is 12.5. The standard InChI is InChI=1S/C17H21ClF2N4OS/c1-3-13-10-23-15(26-13)6-7-22-17(21-2)24-9-11-8-12(18)4-5-14(11)25-16(19)20/h4-5,8,10,16H,3,6-7,9H2,1-2H3,(H2,21,22,24). The van der Waals surface area contributed by atoms with E-state index in [4.69, 9.17) is 11.6 Å². The van der Waals surface area contributed by atoms with Crippen LogP contribution in [0.1, 0.15) is 22.4 Å². The molecule has 2 aromatic rings. The maximum atomic E-state index is 12.5. The molecule has 142 valence electrons. The van der Waals surface area contributed by atoms with Gasteiger partial charge in [-0.1, -0.05) is 18.5 Å². The van der Waals surface area contributed by atoms with Crippen LogP contribution in [0.2, 0.25) is 5.02 Å². The Balaban J connectivity index is 1.87. The molecule has 0 spiro atoms. The lowest BCUT2D eigenvalue weighted by Gasteiger charge is -2.14. The molecule has 1 aromatic carbocycles. The molecule has 0 atom stereocenters. The van der Waals surface area contributed by atoms with Crippen LogP contribution in [0.5, 0.6) is 5.75 Å². The summed E-state index contributed by atoms with van der Waals surface area (Å²) in [5, 5.41) is 7.75. The minimum atomic E-state index is -2.89. The van der Waals surface area contributed by atoms with Crippen molar-refractivity contribution in [1.82, 2.24) is 15.6 Å². The SMILES string of the molecule is CCc1cnc(CCNC(=NC)NCc2cc(Cl)ccc2OC(F)F)s1. The maximum Gasteiger partial charge on any atom is 0.387 e. The van der Waals surface area contributed by atoms with Gasteiger partial charge in [-0.2, -0.15) is 8.78 Å². The lowest BCUT2D eigenvalue weighted by atomic mass is 10.2. The van der Waals surface area contributed by atoms with Crippen LogP contribution in [-0.2, 0) is 19.4 Å². The van der Waals surface area contributed by atoms with Crippen molar-refractivity contribution in [1.29, 1.82) is 0 Å². The van der Waals surface area contributed by atoms with Crippen molar-refractivity contribution >= 4 is 28.9 Å². The van der Waals surface area contributed by atoms with Gasteiger partial charge in [-0.15, -0.1) is 11.3 Å². The quantitative estimate of drug-likeness (QED) is 0.520. The van der Waals surface area contributed by atoms with E-state index >= 15 is 0 Å². The van der Waals surface area contributed by atoms with E-state index in [1.54, 1.807) is 24.5 Å². The third-order valence-corrected chi connectivity index (χ3v) is 4.93. The summed E-state index contributed by atoms with van der Waals surface area (Å²) in [6, 6.07) is 4.52. The minimum absolute atomic E-state index is 0.0854.